The average molecular weight is 271 g/mol. The molecule has 19 heavy (non-hydrogen) atoms. The summed E-state index contributed by atoms with van der Waals surface area (Å²) in [5.41, 5.74) is 10.4. The quantitative estimate of drug-likeness (QED) is 0.455. The molecule has 0 aliphatic heterocycles. The second-order valence-electron chi connectivity index (χ2n) is 3.87. The van der Waals surface area contributed by atoms with Gasteiger partial charge in [-0.15, -0.1) is 0 Å². The van der Waals surface area contributed by atoms with Gasteiger partial charge < -0.3 is 10.8 Å². The summed E-state index contributed by atoms with van der Waals surface area (Å²) in [4.78, 5) is 0. The summed E-state index contributed by atoms with van der Waals surface area (Å²) >= 11 is 4.64. The molecule has 2 aromatic carbocycles. The molecule has 0 bridgehead atoms. The van der Waals surface area contributed by atoms with Gasteiger partial charge in [-0.3, -0.25) is 5.43 Å². The van der Waals surface area contributed by atoms with E-state index in [4.69, 9.17) is 5.73 Å². The molecule has 4 N–H and O–H groups in total. The number of hydrazone groups is 1. The minimum Gasteiger partial charge on any atom is -0.507 e. The van der Waals surface area contributed by atoms with Gasteiger partial charge in [-0.1, -0.05) is 36.4 Å². The molecule has 5 heteroatoms. The number of hydrogen-bond donors (Lipinski definition) is 3. The van der Waals surface area contributed by atoms with Crippen LogP contribution < -0.4 is 11.2 Å². The van der Waals surface area contributed by atoms with E-state index in [9.17, 15) is 5.11 Å². The van der Waals surface area contributed by atoms with Gasteiger partial charge in [0, 0.05) is 5.56 Å². The van der Waals surface area contributed by atoms with Crippen LogP contribution in [0.3, 0.4) is 0 Å². The Morgan fingerprint density at radius 3 is 2.58 bits per heavy atom. The number of benzene rings is 2. The highest BCUT2D eigenvalue weighted by Gasteiger charge is 2.02. The van der Waals surface area contributed by atoms with Crippen LogP contribution in [-0.2, 0) is 0 Å². The van der Waals surface area contributed by atoms with E-state index in [1.807, 2.05) is 42.5 Å². The van der Waals surface area contributed by atoms with E-state index in [2.05, 4.69) is 22.7 Å². The molecule has 0 saturated heterocycles. The molecule has 4 nitrogen and oxygen atoms in total. The Balaban J connectivity index is 2.30. The maximum atomic E-state index is 9.76. The topological polar surface area (TPSA) is 70.6 Å². The molecular formula is C14H13N3OS. The Labute approximate surface area is 116 Å². The number of hydrogen-bond acceptors (Lipinski definition) is 3. The normalized spacial score (nSPS) is 10.5. The van der Waals surface area contributed by atoms with Gasteiger partial charge in [0.1, 0.15) is 5.75 Å². The Hall–Kier alpha value is -2.40. The highest BCUT2D eigenvalue weighted by molar-refractivity contribution is 7.80. The minimum atomic E-state index is 0.0787. The number of phenolic OH excluding ortho intramolecular Hbond substituents is 1. The summed E-state index contributed by atoms with van der Waals surface area (Å²) < 4.78 is 0. The molecule has 0 amide bonds. The van der Waals surface area contributed by atoms with E-state index in [0.717, 1.165) is 11.1 Å². The number of rotatable bonds is 3. The second kappa shape index (κ2) is 5.97. The molecule has 2 rings (SSSR count). The zero-order chi connectivity index (χ0) is 13.7. The summed E-state index contributed by atoms with van der Waals surface area (Å²) in [6, 6.07) is 15.2. The molecule has 0 fully saturated rings. The van der Waals surface area contributed by atoms with Gasteiger partial charge in [0.05, 0.1) is 6.21 Å². The first kappa shape index (κ1) is 13.0. The molecule has 0 saturated carbocycles. The Bertz CT molecular complexity index is 611. The molecule has 0 aliphatic rings. The van der Waals surface area contributed by atoms with Crippen molar-refractivity contribution in [2.24, 2.45) is 10.8 Å². The van der Waals surface area contributed by atoms with Crippen LogP contribution in [0.4, 0.5) is 0 Å². The van der Waals surface area contributed by atoms with Crippen LogP contribution in [0.5, 0.6) is 5.75 Å². The zero-order valence-corrected chi connectivity index (χ0v) is 10.9. The fourth-order valence-corrected chi connectivity index (χ4v) is 1.69. The van der Waals surface area contributed by atoms with Gasteiger partial charge in [0.15, 0.2) is 5.11 Å². The fourth-order valence-electron chi connectivity index (χ4n) is 1.63. The van der Waals surface area contributed by atoms with E-state index >= 15 is 0 Å². The maximum absolute atomic E-state index is 9.76. The fraction of sp³-hybridized carbons (Fsp3) is 0. The SMILES string of the molecule is NC(=S)NN=Cc1cc(-c2ccccc2)ccc1O. The van der Waals surface area contributed by atoms with Crippen LogP contribution in [0, 0.1) is 0 Å². The van der Waals surface area contributed by atoms with Gasteiger partial charge in [-0.2, -0.15) is 5.10 Å². The van der Waals surface area contributed by atoms with E-state index in [1.54, 1.807) is 6.07 Å². The maximum Gasteiger partial charge on any atom is 0.184 e. The summed E-state index contributed by atoms with van der Waals surface area (Å²) in [6.07, 6.45) is 1.47. The Kier molecular flexibility index (Phi) is 4.10. The first-order valence-corrected chi connectivity index (χ1v) is 6.04. The van der Waals surface area contributed by atoms with Crippen molar-refractivity contribution >= 4 is 23.5 Å². The first-order chi connectivity index (χ1) is 9.16. The van der Waals surface area contributed by atoms with Crippen molar-refractivity contribution in [3.05, 3.63) is 54.1 Å². The third-order valence-corrected chi connectivity index (χ3v) is 2.60. The van der Waals surface area contributed by atoms with E-state index < -0.39 is 0 Å². The standard InChI is InChI=1S/C14H13N3OS/c15-14(19)17-16-9-12-8-11(6-7-13(12)18)10-4-2-1-3-5-10/h1-9,18H,(H3,15,17,19). The van der Waals surface area contributed by atoms with Crippen molar-refractivity contribution in [3.8, 4) is 16.9 Å². The number of aromatic hydroxyl groups is 1. The monoisotopic (exact) mass is 271 g/mol. The van der Waals surface area contributed by atoms with Crippen molar-refractivity contribution in [2.75, 3.05) is 0 Å². The predicted molar refractivity (Wildman–Crippen MR) is 81.1 cm³/mol. The average Bonchev–Trinajstić information content (AvgIpc) is 2.41. The highest BCUT2D eigenvalue weighted by Crippen LogP contribution is 2.24. The lowest BCUT2D eigenvalue weighted by Crippen LogP contribution is -2.23. The highest BCUT2D eigenvalue weighted by atomic mass is 32.1. The van der Waals surface area contributed by atoms with Crippen LogP contribution >= 0.6 is 12.2 Å². The van der Waals surface area contributed by atoms with Gasteiger partial charge in [0.2, 0.25) is 0 Å². The largest absolute Gasteiger partial charge is 0.507 e. The summed E-state index contributed by atoms with van der Waals surface area (Å²) in [5, 5.41) is 13.7. The summed E-state index contributed by atoms with van der Waals surface area (Å²) in [7, 11) is 0. The lowest BCUT2D eigenvalue weighted by atomic mass is 10.0. The van der Waals surface area contributed by atoms with Crippen molar-refractivity contribution in [1.29, 1.82) is 0 Å². The number of nitrogens with two attached hydrogens (primary N) is 1. The third-order valence-electron chi connectivity index (χ3n) is 2.51. The van der Waals surface area contributed by atoms with Crippen LogP contribution in [-0.4, -0.2) is 16.4 Å². The van der Waals surface area contributed by atoms with Crippen molar-refractivity contribution in [1.82, 2.24) is 5.43 Å². The number of thiocarbonyl (C=S) groups is 1. The molecule has 0 heterocycles. The molecule has 0 aliphatic carbocycles. The van der Waals surface area contributed by atoms with E-state index in [1.165, 1.54) is 6.21 Å². The lowest BCUT2D eigenvalue weighted by Gasteiger charge is -2.04. The van der Waals surface area contributed by atoms with E-state index in [-0.39, 0.29) is 10.9 Å². The van der Waals surface area contributed by atoms with E-state index in [0.29, 0.717) is 5.56 Å². The molecule has 0 atom stereocenters. The molecular weight excluding hydrogens is 258 g/mol. The predicted octanol–water partition coefficient (Wildman–Crippen LogP) is 2.23. The van der Waals surface area contributed by atoms with Crippen molar-refractivity contribution < 1.29 is 5.11 Å². The molecule has 0 radical (unpaired) electrons. The Morgan fingerprint density at radius 2 is 1.89 bits per heavy atom. The molecule has 0 aromatic heterocycles. The minimum absolute atomic E-state index is 0.0787. The molecule has 2 aromatic rings. The summed E-state index contributed by atoms with van der Waals surface area (Å²) in [5.74, 6) is 0.146. The smallest absolute Gasteiger partial charge is 0.184 e. The van der Waals surface area contributed by atoms with Crippen molar-refractivity contribution in [3.63, 3.8) is 0 Å². The number of nitrogens with one attached hydrogen (secondary N) is 1. The third kappa shape index (κ3) is 3.53. The van der Waals surface area contributed by atoms with Gasteiger partial charge >= 0.3 is 0 Å². The van der Waals surface area contributed by atoms with Crippen LogP contribution in [0.1, 0.15) is 5.56 Å². The molecule has 96 valence electrons. The van der Waals surface area contributed by atoms with Gasteiger partial charge in [-0.25, -0.2) is 0 Å². The van der Waals surface area contributed by atoms with Crippen LogP contribution in [0.25, 0.3) is 11.1 Å². The van der Waals surface area contributed by atoms with Crippen LogP contribution in [0.2, 0.25) is 0 Å². The van der Waals surface area contributed by atoms with Crippen LogP contribution in [0.15, 0.2) is 53.6 Å². The van der Waals surface area contributed by atoms with Gasteiger partial charge in [-0.05, 0) is 35.5 Å². The van der Waals surface area contributed by atoms with Gasteiger partial charge in [0.25, 0.3) is 0 Å². The molecule has 0 unspecified atom stereocenters. The van der Waals surface area contributed by atoms with Crippen molar-refractivity contribution in [2.45, 2.75) is 0 Å². The zero-order valence-electron chi connectivity index (χ0n) is 10.1. The lowest BCUT2D eigenvalue weighted by molar-refractivity contribution is 0.474. The first-order valence-electron chi connectivity index (χ1n) is 5.64. The summed E-state index contributed by atoms with van der Waals surface area (Å²) in [6.45, 7) is 0. The second-order valence-corrected chi connectivity index (χ2v) is 4.31. The molecule has 0 spiro atoms. The number of phenols is 1. The Morgan fingerprint density at radius 1 is 1.16 bits per heavy atom. The number of nitrogens with zero attached hydrogens (tertiary/aromatic N) is 1.